The van der Waals surface area contributed by atoms with Crippen LogP contribution in [-0.2, 0) is 6.42 Å². The van der Waals surface area contributed by atoms with Gasteiger partial charge in [-0.1, -0.05) is 18.2 Å². The van der Waals surface area contributed by atoms with E-state index in [4.69, 9.17) is 0 Å². The van der Waals surface area contributed by atoms with Crippen molar-refractivity contribution in [3.8, 4) is 0 Å². The number of carbonyl (C=O) groups excluding carboxylic acids is 1. The zero-order valence-electron chi connectivity index (χ0n) is 15.6. The molecular formula is C22H24N4O. The van der Waals surface area contributed by atoms with Crippen LogP contribution >= 0.6 is 0 Å². The quantitative estimate of drug-likeness (QED) is 0.712. The van der Waals surface area contributed by atoms with Crippen molar-refractivity contribution in [3.05, 3.63) is 65.9 Å². The molecule has 27 heavy (non-hydrogen) atoms. The molecule has 2 aromatic heterocycles. The molecule has 5 nitrogen and oxygen atoms in total. The third-order valence-corrected chi connectivity index (χ3v) is 5.31. The first kappa shape index (κ1) is 17.6. The predicted octanol–water partition coefficient (Wildman–Crippen LogP) is 3.82. The molecule has 4 rings (SSSR count). The zero-order valence-corrected chi connectivity index (χ0v) is 15.6. The van der Waals surface area contributed by atoms with Gasteiger partial charge in [0.25, 0.3) is 5.91 Å². The molecule has 0 N–H and O–H groups in total. The number of aromatic nitrogens is 3. The van der Waals surface area contributed by atoms with Gasteiger partial charge in [-0.25, -0.2) is 4.98 Å². The number of pyridine rings is 1. The molecule has 0 radical (unpaired) electrons. The van der Waals surface area contributed by atoms with Gasteiger partial charge in [0, 0.05) is 30.9 Å². The normalized spacial score (nSPS) is 17.7. The molecule has 0 saturated carbocycles. The summed E-state index contributed by atoms with van der Waals surface area (Å²) in [6, 6.07) is 10.5. The van der Waals surface area contributed by atoms with Crippen molar-refractivity contribution in [2.75, 3.05) is 13.1 Å². The van der Waals surface area contributed by atoms with Gasteiger partial charge in [-0.15, -0.1) is 0 Å². The molecule has 1 saturated heterocycles. The summed E-state index contributed by atoms with van der Waals surface area (Å²) in [4.78, 5) is 27.6. The second-order valence-corrected chi connectivity index (χ2v) is 7.37. The molecule has 1 fully saturated rings. The van der Waals surface area contributed by atoms with Crippen LogP contribution in [0.2, 0.25) is 0 Å². The molecular weight excluding hydrogens is 336 g/mol. The van der Waals surface area contributed by atoms with Crippen molar-refractivity contribution in [2.45, 2.75) is 32.6 Å². The van der Waals surface area contributed by atoms with Crippen molar-refractivity contribution in [3.63, 3.8) is 0 Å². The molecule has 1 amide bonds. The number of hydrogen-bond donors (Lipinski definition) is 0. The molecule has 1 aromatic carbocycles. The maximum Gasteiger partial charge on any atom is 0.274 e. The second-order valence-electron chi connectivity index (χ2n) is 7.37. The van der Waals surface area contributed by atoms with E-state index < -0.39 is 0 Å². The van der Waals surface area contributed by atoms with E-state index in [0.29, 0.717) is 11.6 Å². The van der Waals surface area contributed by atoms with Gasteiger partial charge in [-0.2, -0.15) is 0 Å². The first-order valence-corrected chi connectivity index (χ1v) is 9.60. The Morgan fingerprint density at radius 1 is 1.07 bits per heavy atom. The third kappa shape index (κ3) is 4.13. The Balaban J connectivity index is 1.40. The number of aryl methyl sites for hydroxylation is 1. The van der Waals surface area contributed by atoms with Crippen LogP contribution in [-0.4, -0.2) is 38.8 Å². The van der Waals surface area contributed by atoms with Crippen LogP contribution in [0, 0.1) is 12.8 Å². The number of fused-ring (bicyclic) bond motifs is 1. The fourth-order valence-electron chi connectivity index (χ4n) is 3.80. The number of benzene rings is 1. The molecule has 1 aliphatic heterocycles. The molecule has 5 heteroatoms. The summed E-state index contributed by atoms with van der Waals surface area (Å²) < 4.78 is 0. The lowest BCUT2D eigenvalue weighted by atomic mass is 9.93. The summed E-state index contributed by atoms with van der Waals surface area (Å²) in [6.45, 7) is 3.44. The van der Waals surface area contributed by atoms with Gasteiger partial charge in [0.1, 0.15) is 5.69 Å². The van der Waals surface area contributed by atoms with Crippen molar-refractivity contribution < 1.29 is 4.79 Å². The van der Waals surface area contributed by atoms with E-state index in [-0.39, 0.29) is 5.91 Å². The number of nitrogens with zero attached hydrogens (tertiary/aromatic N) is 4. The van der Waals surface area contributed by atoms with Crippen molar-refractivity contribution in [1.82, 2.24) is 19.9 Å². The third-order valence-electron chi connectivity index (χ3n) is 5.31. The Morgan fingerprint density at radius 3 is 2.81 bits per heavy atom. The molecule has 1 aliphatic rings. The summed E-state index contributed by atoms with van der Waals surface area (Å²) in [5.41, 5.74) is 3.59. The smallest absolute Gasteiger partial charge is 0.274 e. The number of hydrogen-bond acceptors (Lipinski definition) is 4. The van der Waals surface area contributed by atoms with E-state index in [1.54, 1.807) is 12.4 Å². The van der Waals surface area contributed by atoms with E-state index in [0.717, 1.165) is 50.0 Å². The van der Waals surface area contributed by atoms with Crippen LogP contribution in [0.1, 0.15) is 41.0 Å². The van der Waals surface area contributed by atoms with E-state index in [9.17, 15) is 4.79 Å². The molecule has 0 bridgehead atoms. The van der Waals surface area contributed by atoms with Crippen molar-refractivity contribution in [1.29, 1.82) is 0 Å². The Bertz CT molecular complexity index is 938. The van der Waals surface area contributed by atoms with Gasteiger partial charge in [0.05, 0.1) is 17.4 Å². The Morgan fingerprint density at radius 2 is 1.96 bits per heavy atom. The minimum atomic E-state index is -0.00415. The van der Waals surface area contributed by atoms with Crippen LogP contribution < -0.4 is 0 Å². The average Bonchev–Trinajstić information content (AvgIpc) is 2.93. The first-order valence-electron chi connectivity index (χ1n) is 9.60. The Labute approximate surface area is 159 Å². The number of likely N-dealkylation sites (tertiary alicyclic amines) is 1. The highest BCUT2D eigenvalue weighted by molar-refractivity contribution is 5.92. The van der Waals surface area contributed by atoms with Crippen LogP contribution in [0.15, 0.2) is 48.9 Å². The predicted molar refractivity (Wildman–Crippen MR) is 105 cm³/mol. The largest absolute Gasteiger partial charge is 0.337 e. The monoisotopic (exact) mass is 360 g/mol. The van der Waals surface area contributed by atoms with Crippen molar-refractivity contribution in [2.24, 2.45) is 5.92 Å². The lowest BCUT2D eigenvalue weighted by Crippen LogP contribution is -2.32. The number of amides is 1. The second kappa shape index (κ2) is 7.82. The van der Waals surface area contributed by atoms with E-state index in [1.165, 1.54) is 10.9 Å². The molecule has 0 spiro atoms. The highest BCUT2D eigenvalue weighted by Crippen LogP contribution is 2.24. The maximum atomic E-state index is 12.7. The van der Waals surface area contributed by atoms with Crippen LogP contribution in [0.3, 0.4) is 0 Å². The maximum absolute atomic E-state index is 12.7. The summed E-state index contributed by atoms with van der Waals surface area (Å²) >= 11 is 0. The number of rotatable bonds is 3. The summed E-state index contributed by atoms with van der Waals surface area (Å²) in [7, 11) is 0. The highest BCUT2D eigenvalue weighted by atomic mass is 16.2. The van der Waals surface area contributed by atoms with Crippen LogP contribution in [0.5, 0.6) is 0 Å². The number of carbonyl (C=O) groups is 1. The molecule has 0 unspecified atom stereocenters. The zero-order chi connectivity index (χ0) is 18.6. The van der Waals surface area contributed by atoms with Gasteiger partial charge in [-0.05, 0) is 56.2 Å². The van der Waals surface area contributed by atoms with Gasteiger partial charge >= 0.3 is 0 Å². The fraction of sp³-hybridized carbons (Fsp3) is 0.364. The minimum Gasteiger partial charge on any atom is -0.337 e. The van der Waals surface area contributed by atoms with Gasteiger partial charge < -0.3 is 4.90 Å². The first-order chi connectivity index (χ1) is 13.2. The SMILES string of the molecule is Cc1cnc(C(=O)N2CCC[C@@H](Cc3cnc4ccccc4c3)CC2)cn1. The molecule has 0 aliphatic carbocycles. The fourth-order valence-corrected chi connectivity index (χ4v) is 3.80. The Kier molecular flexibility index (Phi) is 5.10. The van der Waals surface area contributed by atoms with Crippen molar-refractivity contribution >= 4 is 16.8 Å². The molecule has 3 heterocycles. The molecule has 138 valence electrons. The summed E-state index contributed by atoms with van der Waals surface area (Å²) in [6.07, 6.45) is 9.42. The molecule has 1 atom stereocenters. The van der Waals surface area contributed by atoms with E-state index >= 15 is 0 Å². The average molecular weight is 360 g/mol. The van der Waals surface area contributed by atoms with Gasteiger partial charge in [0.15, 0.2) is 0 Å². The van der Waals surface area contributed by atoms with Gasteiger partial charge in [-0.3, -0.25) is 14.8 Å². The Hall–Kier alpha value is -2.82. The minimum absolute atomic E-state index is 0.00415. The summed E-state index contributed by atoms with van der Waals surface area (Å²) in [5, 5.41) is 1.19. The van der Waals surface area contributed by atoms with Gasteiger partial charge in [0.2, 0.25) is 0 Å². The number of para-hydroxylation sites is 1. The van der Waals surface area contributed by atoms with Crippen LogP contribution in [0.4, 0.5) is 0 Å². The lowest BCUT2D eigenvalue weighted by Gasteiger charge is -2.20. The van der Waals surface area contributed by atoms with E-state index in [2.05, 4.69) is 33.2 Å². The van der Waals surface area contributed by atoms with Crippen LogP contribution in [0.25, 0.3) is 10.9 Å². The standard InChI is InChI=1S/C22H24N4O/c1-16-13-24-21(15-23-16)22(27)26-9-4-5-17(8-10-26)11-18-12-19-6-2-3-7-20(19)25-14-18/h2-3,6-7,12-15,17H,4-5,8-11H2,1H3/t17-/m1/s1. The molecule has 3 aromatic rings. The summed E-state index contributed by atoms with van der Waals surface area (Å²) in [5.74, 6) is 0.574. The van der Waals surface area contributed by atoms with E-state index in [1.807, 2.05) is 30.2 Å². The lowest BCUT2D eigenvalue weighted by molar-refractivity contribution is 0.0753. The highest BCUT2D eigenvalue weighted by Gasteiger charge is 2.22. The topological polar surface area (TPSA) is 59.0 Å².